The maximum absolute atomic E-state index is 11.8. The molecule has 3 rings (SSSR count). The summed E-state index contributed by atoms with van der Waals surface area (Å²) in [7, 11) is 0. The number of hydrogen-bond acceptors (Lipinski definition) is 2. The van der Waals surface area contributed by atoms with E-state index in [0.717, 1.165) is 35.0 Å². The lowest BCUT2D eigenvalue weighted by Gasteiger charge is -2.06. The van der Waals surface area contributed by atoms with Crippen LogP contribution in [-0.4, -0.2) is 11.5 Å². The lowest BCUT2D eigenvalue weighted by molar-refractivity contribution is 0.784. The number of aromatic nitrogens is 1. The van der Waals surface area contributed by atoms with Gasteiger partial charge in [-0.15, -0.1) is 0 Å². The molecule has 0 aliphatic heterocycles. The van der Waals surface area contributed by atoms with Crippen LogP contribution >= 0.6 is 0 Å². The number of anilines is 1. The highest BCUT2D eigenvalue weighted by molar-refractivity contribution is 5.83. The van der Waals surface area contributed by atoms with E-state index < -0.39 is 0 Å². The largest absolute Gasteiger partial charge is 0.371 e. The number of hydrogen-bond donors (Lipinski definition) is 2. The zero-order valence-corrected chi connectivity index (χ0v) is 9.86. The average molecular weight is 228 g/mol. The molecule has 3 heteroatoms. The van der Waals surface area contributed by atoms with Crippen molar-refractivity contribution in [3.8, 4) is 0 Å². The highest BCUT2D eigenvalue weighted by Gasteiger charge is 2.31. The zero-order chi connectivity index (χ0) is 11.8. The average Bonchev–Trinajstić information content (AvgIpc) is 3.03. The van der Waals surface area contributed by atoms with Crippen LogP contribution < -0.4 is 10.9 Å². The Labute approximate surface area is 99.9 Å². The maximum Gasteiger partial charge on any atom is 0.257 e. The van der Waals surface area contributed by atoms with Crippen molar-refractivity contribution in [2.75, 3.05) is 11.9 Å². The SMILES string of the molecule is CC1CC1CNc1cc2ccccc2c(=O)[nH]1. The molecule has 17 heavy (non-hydrogen) atoms. The molecule has 2 atom stereocenters. The van der Waals surface area contributed by atoms with E-state index in [0.29, 0.717) is 0 Å². The van der Waals surface area contributed by atoms with Gasteiger partial charge in [0.05, 0.1) is 0 Å². The Morgan fingerprint density at radius 1 is 1.41 bits per heavy atom. The Balaban J connectivity index is 1.87. The van der Waals surface area contributed by atoms with Gasteiger partial charge in [0.1, 0.15) is 5.82 Å². The zero-order valence-electron chi connectivity index (χ0n) is 9.86. The molecule has 0 radical (unpaired) electrons. The fourth-order valence-electron chi connectivity index (χ4n) is 2.23. The normalized spacial score (nSPS) is 22.6. The number of H-pyrrole nitrogens is 1. The number of benzene rings is 1. The molecule has 1 saturated carbocycles. The van der Waals surface area contributed by atoms with Gasteiger partial charge in [-0.2, -0.15) is 0 Å². The van der Waals surface area contributed by atoms with E-state index in [2.05, 4.69) is 17.2 Å². The molecule has 1 aromatic heterocycles. The molecule has 88 valence electrons. The van der Waals surface area contributed by atoms with E-state index in [1.54, 1.807) is 0 Å². The second kappa shape index (κ2) is 3.91. The van der Waals surface area contributed by atoms with Crippen LogP contribution in [0.2, 0.25) is 0 Å². The Bertz CT molecular complexity index is 602. The molecule has 0 bridgehead atoms. The number of rotatable bonds is 3. The summed E-state index contributed by atoms with van der Waals surface area (Å²) in [6, 6.07) is 9.66. The second-order valence-electron chi connectivity index (χ2n) is 4.95. The number of pyridine rings is 1. The Morgan fingerprint density at radius 3 is 2.94 bits per heavy atom. The molecule has 0 spiro atoms. The lowest BCUT2D eigenvalue weighted by Crippen LogP contribution is -2.12. The highest BCUT2D eigenvalue weighted by atomic mass is 16.1. The molecule has 1 heterocycles. The van der Waals surface area contributed by atoms with Gasteiger partial charge in [-0.1, -0.05) is 25.1 Å². The summed E-state index contributed by atoms with van der Waals surface area (Å²) in [5.74, 6) is 2.42. The van der Waals surface area contributed by atoms with Gasteiger partial charge < -0.3 is 10.3 Å². The summed E-state index contributed by atoms with van der Waals surface area (Å²) in [6.07, 6.45) is 1.30. The number of aromatic amines is 1. The van der Waals surface area contributed by atoms with Crippen molar-refractivity contribution in [3.05, 3.63) is 40.7 Å². The predicted octanol–water partition coefficient (Wildman–Crippen LogP) is 2.60. The topological polar surface area (TPSA) is 44.9 Å². The van der Waals surface area contributed by atoms with Crippen LogP contribution in [0.4, 0.5) is 5.82 Å². The number of nitrogens with one attached hydrogen (secondary N) is 2. The first-order valence-electron chi connectivity index (χ1n) is 6.10. The Morgan fingerprint density at radius 2 is 2.18 bits per heavy atom. The van der Waals surface area contributed by atoms with Gasteiger partial charge >= 0.3 is 0 Å². The molecule has 3 nitrogen and oxygen atoms in total. The fraction of sp³-hybridized carbons (Fsp3) is 0.357. The van der Waals surface area contributed by atoms with E-state index in [9.17, 15) is 4.79 Å². The van der Waals surface area contributed by atoms with Crippen LogP contribution in [0.3, 0.4) is 0 Å². The molecule has 0 amide bonds. The van der Waals surface area contributed by atoms with Gasteiger partial charge in [0.15, 0.2) is 0 Å². The second-order valence-corrected chi connectivity index (χ2v) is 4.95. The fourth-order valence-corrected chi connectivity index (χ4v) is 2.23. The lowest BCUT2D eigenvalue weighted by atomic mass is 10.2. The quantitative estimate of drug-likeness (QED) is 0.848. The summed E-state index contributed by atoms with van der Waals surface area (Å²) in [5, 5.41) is 5.05. The smallest absolute Gasteiger partial charge is 0.257 e. The highest BCUT2D eigenvalue weighted by Crippen LogP contribution is 2.37. The summed E-state index contributed by atoms with van der Waals surface area (Å²) >= 11 is 0. The molecular weight excluding hydrogens is 212 g/mol. The van der Waals surface area contributed by atoms with Crippen LogP contribution in [0, 0.1) is 11.8 Å². The third-order valence-electron chi connectivity index (χ3n) is 3.58. The minimum Gasteiger partial charge on any atom is -0.371 e. The van der Waals surface area contributed by atoms with Crippen molar-refractivity contribution in [3.63, 3.8) is 0 Å². The van der Waals surface area contributed by atoms with E-state index >= 15 is 0 Å². The number of fused-ring (bicyclic) bond motifs is 1. The van der Waals surface area contributed by atoms with Gasteiger partial charge in [0, 0.05) is 11.9 Å². The van der Waals surface area contributed by atoms with Crippen molar-refractivity contribution in [1.82, 2.24) is 4.98 Å². The Kier molecular flexibility index (Phi) is 2.39. The van der Waals surface area contributed by atoms with Crippen LogP contribution in [0.5, 0.6) is 0 Å². The van der Waals surface area contributed by atoms with E-state index in [-0.39, 0.29) is 5.56 Å². The third-order valence-corrected chi connectivity index (χ3v) is 3.58. The Hall–Kier alpha value is -1.77. The van der Waals surface area contributed by atoms with Crippen molar-refractivity contribution in [2.24, 2.45) is 11.8 Å². The van der Waals surface area contributed by atoms with Crippen LogP contribution in [0.25, 0.3) is 10.8 Å². The van der Waals surface area contributed by atoms with Gasteiger partial charge in [0.2, 0.25) is 0 Å². The molecule has 2 aromatic rings. The summed E-state index contributed by atoms with van der Waals surface area (Å²) in [4.78, 5) is 14.7. The first kappa shape index (κ1) is 10.4. The first-order valence-corrected chi connectivity index (χ1v) is 6.10. The molecule has 1 aliphatic rings. The van der Waals surface area contributed by atoms with Crippen LogP contribution in [0.15, 0.2) is 35.1 Å². The monoisotopic (exact) mass is 228 g/mol. The molecule has 2 N–H and O–H groups in total. The summed E-state index contributed by atoms with van der Waals surface area (Å²) in [6.45, 7) is 3.21. The summed E-state index contributed by atoms with van der Waals surface area (Å²) < 4.78 is 0. The summed E-state index contributed by atoms with van der Waals surface area (Å²) in [5.41, 5.74) is -0.0190. The van der Waals surface area contributed by atoms with Crippen molar-refractivity contribution in [2.45, 2.75) is 13.3 Å². The van der Waals surface area contributed by atoms with Gasteiger partial charge in [0.25, 0.3) is 5.56 Å². The third kappa shape index (κ3) is 2.05. The molecule has 2 unspecified atom stereocenters. The van der Waals surface area contributed by atoms with Gasteiger partial charge in [-0.3, -0.25) is 4.79 Å². The van der Waals surface area contributed by atoms with Crippen molar-refractivity contribution in [1.29, 1.82) is 0 Å². The minimum atomic E-state index is -0.0190. The van der Waals surface area contributed by atoms with Crippen LogP contribution in [-0.2, 0) is 0 Å². The van der Waals surface area contributed by atoms with E-state index in [1.807, 2.05) is 30.3 Å². The molecule has 1 aliphatic carbocycles. The minimum absolute atomic E-state index is 0.0190. The molecule has 1 fully saturated rings. The first-order chi connectivity index (χ1) is 8.24. The molecular formula is C14H16N2O. The molecule has 1 aromatic carbocycles. The van der Waals surface area contributed by atoms with Crippen LogP contribution in [0.1, 0.15) is 13.3 Å². The van der Waals surface area contributed by atoms with Gasteiger partial charge in [-0.05, 0) is 35.8 Å². The van der Waals surface area contributed by atoms with E-state index in [4.69, 9.17) is 0 Å². The van der Waals surface area contributed by atoms with Gasteiger partial charge in [-0.25, -0.2) is 0 Å². The predicted molar refractivity (Wildman–Crippen MR) is 70.3 cm³/mol. The van der Waals surface area contributed by atoms with Crippen molar-refractivity contribution >= 4 is 16.6 Å². The maximum atomic E-state index is 11.8. The standard InChI is InChI=1S/C14H16N2O/c1-9-6-11(9)8-15-13-7-10-4-2-3-5-12(10)14(17)16-13/h2-5,7,9,11H,6,8H2,1H3,(H2,15,16,17). The molecule has 0 saturated heterocycles. The van der Waals surface area contributed by atoms with E-state index in [1.165, 1.54) is 6.42 Å². The van der Waals surface area contributed by atoms with Crippen molar-refractivity contribution < 1.29 is 0 Å².